The molecular formula is C29H32N2O3. The number of benzene rings is 2. The Bertz CT molecular complexity index is 1280. The van der Waals surface area contributed by atoms with Crippen molar-refractivity contribution in [1.82, 2.24) is 9.47 Å². The zero-order valence-corrected chi connectivity index (χ0v) is 20.0. The Morgan fingerprint density at radius 3 is 2.79 bits per heavy atom. The van der Waals surface area contributed by atoms with E-state index in [1.807, 2.05) is 30.3 Å². The van der Waals surface area contributed by atoms with Gasteiger partial charge in [-0.1, -0.05) is 43.3 Å². The van der Waals surface area contributed by atoms with Crippen molar-refractivity contribution in [2.45, 2.75) is 45.1 Å². The minimum Gasteiger partial charge on any atom is -0.497 e. The van der Waals surface area contributed by atoms with E-state index in [1.165, 1.54) is 29.5 Å². The highest BCUT2D eigenvalue weighted by atomic mass is 16.5. The number of nitrogens with zero attached hydrogens (tertiary/aromatic N) is 2. The average Bonchev–Trinajstić information content (AvgIpc) is 3.21. The van der Waals surface area contributed by atoms with Crippen molar-refractivity contribution in [3.05, 3.63) is 71.4 Å². The average molecular weight is 457 g/mol. The van der Waals surface area contributed by atoms with E-state index < -0.39 is 0 Å². The number of aromatic nitrogens is 1. The minimum atomic E-state index is -0.187. The highest BCUT2D eigenvalue weighted by Gasteiger charge is 2.50. The minimum absolute atomic E-state index is 0.0864. The quantitative estimate of drug-likeness (QED) is 0.467. The van der Waals surface area contributed by atoms with Crippen LogP contribution in [0, 0.1) is 5.41 Å². The molecule has 5 nitrogen and oxygen atoms in total. The van der Waals surface area contributed by atoms with E-state index in [0.29, 0.717) is 12.5 Å². The number of ether oxygens (including phenoxy) is 2. The van der Waals surface area contributed by atoms with Crippen LogP contribution in [0.5, 0.6) is 5.75 Å². The summed E-state index contributed by atoms with van der Waals surface area (Å²) in [6.45, 7) is 4.87. The van der Waals surface area contributed by atoms with Crippen LogP contribution in [0.25, 0.3) is 16.6 Å². The summed E-state index contributed by atoms with van der Waals surface area (Å²) >= 11 is 0. The van der Waals surface area contributed by atoms with E-state index in [-0.39, 0.29) is 18.0 Å². The van der Waals surface area contributed by atoms with Crippen LogP contribution >= 0.6 is 0 Å². The lowest BCUT2D eigenvalue weighted by molar-refractivity contribution is -0.141. The van der Waals surface area contributed by atoms with Gasteiger partial charge in [0.25, 0.3) is 0 Å². The lowest BCUT2D eigenvalue weighted by Gasteiger charge is -2.53. The molecular weight excluding hydrogens is 424 g/mol. The summed E-state index contributed by atoms with van der Waals surface area (Å²) in [6, 6.07) is 16.6. The first kappa shape index (κ1) is 21.5. The fourth-order valence-corrected chi connectivity index (χ4v) is 6.62. The van der Waals surface area contributed by atoms with Crippen LogP contribution in [0.1, 0.15) is 49.0 Å². The third-order valence-corrected chi connectivity index (χ3v) is 8.20. The molecule has 0 unspecified atom stereocenters. The summed E-state index contributed by atoms with van der Waals surface area (Å²) in [6.07, 6.45) is 7.27. The van der Waals surface area contributed by atoms with Gasteiger partial charge in [-0.15, -0.1) is 0 Å². The summed E-state index contributed by atoms with van der Waals surface area (Å²) in [5.41, 5.74) is 6.18. The van der Waals surface area contributed by atoms with E-state index in [1.54, 1.807) is 7.11 Å². The molecule has 3 aliphatic heterocycles. The largest absolute Gasteiger partial charge is 0.497 e. The molecule has 1 fully saturated rings. The van der Waals surface area contributed by atoms with Crippen molar-refractivity contribution in [3.8, 4) is 5.75 Å². The number of methoxy groups -OCH3 is 1. The fourth-order valence-electron chi connectivity index (χ4n) is 6.62. The molecule has 3 aliphatic rings. The van der Waals surface area contributed by atoms with Crippen LogP contribution in [0.3, 0.4) is 0 Å². The number of piperidine rings is 1. The molecule has 2 aromatic carbocycles. The van der Waals surface area contributed by atoms with E-state index in [2.05, 4.69) is 40.7 Å². The number of carbonyl (C=O) groups excluding carboxylic acids is 1. The first-order valence-corrected chi connectivity index (χ1v) is 12.5. The molecule has 3 aromatic rings. The molecule has 4 heterocycles. The molecule has 0 bridgehead atoms. The summed E-state index contributed by atoms with van der Waals surface area (Å²) in [7, 11) is 1.72. The standard InChI is InChI=1S/C29H32N2O3/c1-3-29-13-7-14-30-15-12-24-23-11-10-22(33-2)17-25(23)31(27(24)28(29)30)21(18-29)19-34-26(32)16-20-8-5-4-6-9-20/h4-6,8-11,17-18,28H,3,7,12-16,19H2,1-2H3/t28-,29+/m1/s1. The summed E-state index contributed by atoms with van der Waals surface area (Å²) < 4.78 is 13.9. The molecule has 176 valence electrons. The number of fused-ring (bicyclic) bond motifs is 3. The van der Waals surface area contributed by atoms with E-state index in [0.717, 1.165) is 48.5 Å². The molecule has 1 aromatic heterocycles. The predicted molar refractivity (Wildman–Crippen MR) is 134 cm³/mol. The van der Waals surface area contributed by atoms with Crippen molar-refractivity contribution < 1.29 is 14.3 Å². The van der Waals surface area contributed by atoms with Crippen molar-refractivity contribution >= 4 is 22.6 Å². The number of rotatable bonds is 6. The third-order valence-electron chi connectivity index (χ3n) is 8.20. The Morgan fingerprint density at radius 2 is 2.00 bits per heavy atom. The molecule has 1 saturated heterocycles. The van der Waals surface area contributed by atoms with Crippen LogP contribution in [0.4, 0.5) is 0 Å². The Labute approximate surface area is 201 Å². The molecule has 0 amide bonds. The van der Waals surface area contributed by atoms with Crippen molar-refractivity contribution in [1.29, 1.82) is 0 Å². The van der Waals surface area contributed by atoms with Crippen LogP contribution in [-0.4, -0.2) is 42.2 Å². The predicted octanol–water partition coefficient (Wildman–Crippen LogP) is 5.38. The molecule has 6 rings (SSSR count). The van der Waals surface area contributed by atoms with Gasteiger partial charge in [0.1, 0.15) is 12.4 Å². The lowest BCUT2D eigenvalue weighted by Crippen LogP contribution is -2.50. The number of esters is 1. The zero-order valence-electron chi connectivity index (χ0n) is 20.0. The van der Waals surface area contributed by atoms with Gasteiger partial charge in [0, 0.05) is 29.1 Å². The molecule has 0 radical (unpaired) electrons. The monoisotopic (exact) mass is 456 g/mol. The van der Waals surface area contributed by atoms with Gasteiger partial charge in [0.2, 0.25) is 0 Å². The third kappa shape index (κ3) is 3.29. The Kier molecular flexibility index (Phi) is 5.25. The van der Waals surface area contributed by atoms with Crippen LogP contribution < -0.4 is 4.74 Å². The van der Waals surface area contributed by atoms with Crippen LogP contribution in [0.15, 0.2) is 54.6 Å². The lowest BCUT2D eigenvalue weighted by atomic mass is 9.66. The SMILES string of the molecule is CC[C@@]12C=C(COC(=O)Cc3ccccc3)n3c4c(c5ccc(OC)cc53)CCN(CCC1)[C@H]42. The molecule has 0 saturated carbocycles. The normalized spacial score (nSPS) is 23.4. The van der Waals surface area contributed by atoms with E-state index in [4.69, 9.17) is 9.47 Å². The molecule has 0 N–H and O–H groups in total. The smallest absolute Gasteiger partial charge is 0.310 e. The van der Waals surface area contributed by atoms with Gasteiger partial charge in [-0.3, -0.25) is 9.69 Å². The topological polar surface area (TPSA) is 43.7 Å². The van der Waals surface area contributed by atoms with E-state index in [9.17, 15) is 4.79 Å². The van der Waals surface area contributed by atoms with E-state index >= 15 is 0 Å². The molecule has 0 aliphatic carbocycles. The summed E-state index contributed by atoms with van der Waals surface area (Å²) in [4.78, 5) is 15.4. The van der Waals surface area contributed by atoms with Gasteiger partial charge in [-0.05, 0) is 55.5 Å². The molecule has 0 spiro atoms. The number of hydrogen-bond acceptors (Lipinski definition) is 4. The zero-order chi connectivity index (χ0) is 23.3. The maximum atomic E-state index is 12.7. The van der Waals surface area contributed by atoms with Crippen LogP contribution in [-0.2, 0) is 22.4 Å². The second-order valence-electron chi connectivity index (χ2n) is 9.92. The second-order valence-corrected chi connectivity index (χ2v) is 9.92. The van der Waals surface area contributed by atoms with Gasteiger partial charge in [0.05, 0.1) is 30.8 Å². The van der Waals surface area contributed by atoms with Crippen molar-refractivity contribution in [2.24, 2.45) is 5.41 Å². The van der Waals surface area contributed by atoms with Crippen molar-refractivity contribution in [3.63, 3.8) is 0 Å². The number of carbonyl (C=O) groups is 1. The highest BCUT2D eigenvalue weighted by molar-refractivity contribution is 5.91. The first-order chi connectivity index (χ1) is 16.6. The fraction of sp³-hybridized carbons (Fsp3) is 0.414. The highest BCUT2D eigenvalue weighted by Crippen LogP contribution is 2.57. The maximum absolute atomic E-state index is 12.7. The van der Waals surface area contributed by atoms with Gasteiger partial charge in [0.15, 0.2) is 0 Å². The molecule has 5 heteroatoms. The van der Waals surface area contributed by atoms with Gasteiger partial charge >= 0.3 is 5.97 Å². The Balaban J connectivity index is 1.43. The molecule has 2 atom stereocenters. The van der Waals surface area contributed by atoms with Gasteiger partial charge in [-0.2, -0.15) is 0 Å². The number of hydrogen-bond donors (Lipinski definition) is 0. The summed E-state index contributed by atoms with van der Waals surface area (Å²) in [5, 5.41) is 1.30. The first-order valence-electron chi connectivity index (χ1n) is 12.5. The summed E-state index contributed by atoms with van der Waals surface area (Å²) in [5.74, 6) is 0.666. The maximum Gasteiger partial charge on any atom is 0.310 e. The Hall–Kier alpha value is -3.05. The Morgan fingerprint density at radius 1 is 1.15 bits per heavy atom. The van der Waals surface area contributed by atoms with Crippen molar-refractivity contribution in [2.75, 3.05) is 26.8 Å². The van der Waals surface area contributed by atoms with Crippen LogP contribution in [0.2, 0.25) is 0 Å². The van der Waals surface area contributed by atoms with Gasteiger partial charge in [-0.25, -0.2) is 0 Å². The van der Waals surface area contributed by atoms with Gasteiger partial charge < -0.3 is 14.0 Å². The molecule has 34 heavy (non-hydrogen) atoms. The second kappa shape index (κ2) is 8.31.